The summed E-state index contributed by atoms with van der Waals surface area (Å²) in [4.78, 5) is 3.33. The van der Waals surface area contributed by atoms with Crippen LogP contribution >= 0.6 is 23.2 Å². The highest BCUT2D eigenvalue weighted by atomic mass is 35.5. The molecule has 0 amide bonds. The summed E-state index contributed by atoms with van der Waals surface area (Å²) in [5.41, 5.74) is 4.59. The van der Waals surface area contributed by atoms with E-state index in [2.05, 4.69) is 34.7 Å². The van der Waals surface area contributed by atoms with Gasteiger partial charge in [-0.05, 0) is 60.0 Å². The van der Waals surface area contributed by atoms with Crippen LogP contribution in [0.1, 0.15) is 16.7 Å². The Labute approximate surface area is 192 Å². The van der Waals surface area contributed by atoms with Gasteiger partial charge in [0.2, 0.25) is 0 Å². The Kier molecular flexibility index (Phi) is 7.03. The number of nitrogens with one attached hydrogen (secondary N) is 2. The molecule has 0 aliphatic heterocycles. The fourth-order valence-electron chi connectivity index (χ4n) is 3.53. The Bertz CT molecular complexity index is 1170. The van der Waals surface area contributed by atoms with Gasteiger partial charge in [0.1, 0.15) is 6.61 Å². The van der Waals surface area contributed by atoms with E-state index < -0.39 is 0 Å². The summed E-state index contributed by atoms with van der Waals surface area (Å²) in [6, 6.07) is 19.8. The maximum atomic E-state index is 6.08. The van der Waals surface area contributed by atoms with E-state index in [-0.39, 0.29) is 0 Å². The smallest absolute Gasteiger partial charge is 0.161 e. The number of rotatable bonds is 9. The molecule has 0 spiro atoms. The van der Waals surface area contributed by atoms with Crippen LogP contribution in [-0.4, -0.2) is 18.6 Å². The van der Waals surface area contributed by atoms with Gasteiger partial charge >= 0.3 is 0 Å². The zero-order valence-corrected chi connectivity index (χ0v) is 18.8. The van der Waals surface area contributed by atoms with Crippen LogP contribution in [0.15, 0.2) is 66.9 Å². The summed E-state index contributed by atoms with van der Waals surface area (Å²) in [6.07, 6.45) is 3.06. The van der Waals surface area contributed by atoms with Crippen molar-refractivity contribution in [2.45, 2.75) is 19.6 Å². The SMILES string of the molecule is COc1cc(CNCCc2c[nH]c3ccccc23)ccc1OCc1ccc(Cl)c(Cl)c1. The Morgan fingerprint density at radius 3 is 2.58 bits per heavy atom. The lowest BCUT2D eigenvalue weighted by Crippen LogP contribution is -2.16. The number of aromatic amines is 1. The molecule has 0 unspecified atom stereocenters. The lowest BCUT2D eigenvalue weighted by Gasteiger charge is -2.13. The fraction of sp³-hybridized carbons (Fsp3) is 0.200. The van der Waals surface area contributed by atoms with Gasteiger partial charge in [0.25, 0.3) is 0 Å². The molecular weight excluding hydrogens is 431 g/mol. The van der Waals surface area contributed by atoms with Gasteiger partial charge in [-0.1, -0.05) is 53.5 Å². The fourth-order valence-corrected chi connectivity index (χ4v) is 3.85. The van der Waals surface area contributed by atoms with Crippen LogP contribution in [0.5, 0.6) is 11.5 Å². The highest BCUT2D eigenvalue weighted by Gasteiger charge is 2.08. The van der Waals surface area contributed by atoms with E-state index in [4.69, 9.17) is 32.7 Å². The van der Waals surface area contributed by atoms with Crippen molar-refractivity contribution in [2.75, 3.05) is 13.7 Å². The topological polar surface area (TPSA) is 46.3 Å². The standard InChI is InChI=1S/C25H24Cl2N2O2/c1-30-25-13-17(7-9-24(25)31-16-18-6-8-21(26)22(27)12-18)14-28-11-10-19-15-29-23-5-3-2-4-20(19)23/h2-9,12-13,15,28-29H,10-11,14,16H2,1H3. The summed E-state index contributed by atoms with van der Waals surface area (Å²) >= 11 is 12.0. The van der Waals surface area contributed by atoms with Gasteiger partial charge in [-0.3, -0.25) is 0 Å². The summed E-state index contributed by atoms with van der Waals surface area (Å²) in [5, 5.41) is 5.84. The average Bonchev–Trinajstić information content (AvgIpc) is 3.21. The molecule has 160 valence electrons. The van der Waals surface area contributed by atoms with E-state index in [1.807, 2.05) is 36.4 Å². The third-order valence-electron chi connectivity index (χ3n) is 5.18. The second kappa shape index (κ2) is 10.1. The predicted octanol–water partition coefficient (Wildman–Crippen LogP) is 6.39. The first-order valence-corrected chi connectivity index (χ1v) is 10.9. The number of ether oxygens (including phenoxy) is 2. The minimum atomic E-state index is 0.384. The molecule has 0 saturated heterocycles. The van der Waals surface area contributed by atoms with Gasteiger partial charge < -0.3 is 19.8 Å². The molecule has 0 bridgehead atoms. The van der Waals surface area contributed by atoms with Crippen molar-refractivity contribution in [3.8, 4) is 11.5 Å². The molecule has 6 heteroatoms. The van der Waals surface area contributed by atoms with Crippen molar-refractivity contribution in [3.05, 3.63) is 93.6 Å². The monoisotopic (exact) mass is 454 g/mol. The molecule has 1 heterocycles. The summed E-state index contributed by atoms with van der Waals surface area (Å²) in [6.45, 7) is 2.03. The summed E-state index contributed by atoms with van der Waals surface area (Å²) in [7, 11) is 1.65. The van der Waals surface area contributed by atoms with Crippen LogP contribution in [0.3, 0.4) is 0 Å². The minimum absolute atomic E-state index is 0.384. The number of para-hydroxylation sites is 1. The Balaban J connectivity index is 1.31. The second-order valence-corrected chi connectivity index (χ2v) is 8.12. The van der Waals surface area contributed by atoms with Crippen LogP contribution in [0.25, 0.3) is 10.9 Å². The molecule has 4 aromatic rings. The zero-order valence-electron chi connectivity index (χ0n) is 17.3. The predicted molar refractivity (Wildman–Crippen MR) is 127 cm³/mol. The third-order valence-corrected chi connectivity index (χ3v) is 5.92. The van der Waals surface area contributed by atoms with Gasteiger partial charge in [0.15, 0.2) is 11.5 Å². The summed E-state index contributed by atoms with van der Waals surface area (Å²) in [5.74, 6) is 1.40. The number of hydrogen-bond donors (Lipinski definition) is 2. The van der Waals surface area contributed by atoms with Gasteiger partial charge in [0.05, 0.1) is 17.2 Å². The number of hydrogen-bond acceptors (Lipinski definition) is 3. The van der Waals surface area contributed by atoms with Gasteiger partial charge in [0, 0.05) is 23.6 Å². The van der Waals surface area contributed by atoms with Crippen molar-refractivity contribution < 1.29 is 9.47 Å². The van der Waals surface area contributed by atoms with E-state index in [1.54, 1.807) is 13.2 Å². The van der Waals surface area contributed by atoms with Crippen molar-refractivity contribution in [1.82, 2.24) is 10.3 Å². The quantitative estimate of drug-likeness (QED) is 0.287. The first-order chi connectivity index (χ1) is 15.1. The van der Waals surface area contributed by atoms with Crippen molar-refractivity contribution in [1.29, 1.82) is 0 Å². The molecule has 0 radical (unpaired) electrons. The van der Waals surface area contributed by atoms with Gasteiger partial charge in [-0.2, -0.15) is 0 Å². The molecule has 0 atom stereocenters. The van der Waals surface area contributed by atoms with Crippen LogP contribution in [0.2, 0.25) is 10.0 Å². The number of H-pyrrole nitrogens is 1. The van der Waals surface area contributed by atoms with E-state index in [0.717, 1.165) is 30.6 Å². The van der Waals surface area contributed by atoms with Crippen molar-refractivity contribution >= 4 is 34.1 Å². The number of aromatic nitrogens is 1. The maximum Gasteiger partial charge on any atom is 0.161 e. The maximum absolute atomic E-state index is 6.08. The zero-order chi connectivity index (χ0) is 21.6. The number of benzene rings is 3. The Hall–Kier alpha value is -2.66. The number of methoxy groups -OCH3 is 1. The second-order valence-electron chi connectivity index (χ2n) is 7.31. The third kappa shape index (κ3) is 5.34. The summed E-state index contributed by atoms with van der Waals surface area (Å²) < 4.78 is 11.5. The highest BCUT2D eigenvalue weighted by molar-refractivity contribution is 6.42. The Morgan fingerprint density at radius 1 is 0.903 bits per heavy atom. The molecule has 0 aliphatic rings. The first kappa shape index (κ1) is 21.6. The molecular formula is C25H24Cl2N2O2. The molecule has 4 nitrogen and oxygen atoms in total. The van der Waals surface area contributed by atoms with E-state index >= 15 is 0 Å². The van der Waals surface area contributed by atoms with E-state index in [0.29, 0.717) is 28.2 Å². The molecule has 3 aromatic carbocycles. The lowest BCUT2D eigenvalue weighted by molar-refractivity contribution is 0.284. The van der Waals surface area contributed by atoms with Crippen LogP contribution in [0, 0.1) is 0 Å². The highest BCUT2D eigenvalue weighted by Crippen LogP contribution is 2.30. The molecule has 0 saturated carbocycles. The molecule has 4 rings (SSSR count). The van der Waals surface area contributed by atoms with Gasteiger partial charge in [-0.25, -0.2) is 0 Å². The average molecular weight is 455 g/mol. The number of fused-ring (bicyclic) bond motifs is 1. The largest absolute Gasteiger partial charge is 0.493 e. The van der Waals surface area contributed by atoms with Crippen LogP contribution in [-0.2, 0) is 19.6 Å². The number of halogens is 2. The van der Waals surface area contributed by atoms with Crippen LogP contribution < -0.4 is 14.8 Å². The molecule has 0 fully saturated rings. The minimum Gasteiger partial charge on any atom is -0.493 e. The van der Waals surface area contributed by atoms with E-state index in [9.17, 15) is 0 Å². The lowest BCUT2D eigenvalue weighted by atomic mass is 10.1. The normalized spacial score (nSPS) is 11.1. The van der Waals surface area contributed by atoms with Crippen LogP contribution in [0.4, 0.5) is 0 Å². The molecule has 1 aromatic heterocycles. The molecule has 31 heavy (non-hydrogen) atoms. The molecule has 2 N–H and O–H groups in total. The van der Waals surface area contributed by atoms with Gasteiger partial charge in [-0.15, -0.1) is 0 Å². The Morgan fingerprint density at radius 2 is 1.74 bits per heavy atom. The molecule has 0 aliphatic carbocycles. The first-order valence-electron chi connectivity index (χ1n) is 10.1. The van der Waals surface area contributed by atoms with E-state index in [1.165, 1.54) is 16.5 Å². The van der Waals surface area contributed by atoms with Crippen molar-refractivity contribution in [3.63, 3.8) is 0 Å². The van der Waals surface area contributed by atoms with Crippen molar-refractivity contribution in [2.24, 2.45) is 0 Å².